The molecule has 0 unspecified atom stereocenters. The Morgan fingerprint density at radius 2 is 1.69 bits per heavy atom. The molecule has 0 saturated heterocycles. The standard InChI is InChI=1S/C25H16BrN3O3/c26-18-7-3-16(4-8-18)21-13-11-20(31-21)12-14-23(30)28-19-9-5-17(6-10-19)25-29-24-22(32-25)2-1-15-27-24/h1-15H,(H,28,30)/b14-12+. The van der Waals surface area contributed by atoms with Gasteiger partial charge in [-0.3, -0.25) is 4.79 Å². The van der Waals surface area contributed by atoms with Crippen molar-refractivity contribution in [1.29, 1.82) is 0 Å². The zero-order valence-corrected chi connectivity index (χ0v) is 18.2. The molecular weight excluding hydrogens is 470 g/mol. The quantitative estimate of drug-likeness (QED) is 0.285. The largest absolute Gasteiger partial charge is 0.457 e. The van der Waals surface area contributed by atoms with E-state index in [0.717, 1.165) is 21.4 Å². The first kappa shape index (κ1) is 20.0. The fourth-order valence-corrected chi connectivity index (χ4v) is 3.41. The van der Waals surface area contributed by atoms with Crippen molar-refractivity contribution < 1.29 is 13.6 Å². The third kappa shape index (κ3) is 4.38. The lowest BCUT2D eigenvalue weighted by molar-refractivity contribution is -0.111. The van der Waals surface area contributed by atoms with E-state index in [1.54, 1.807) is 30.5 Å². The average molecular weight is 486 g/mol. The maximum absolute atomic E-state index is 12.3. The van der Waals surface area contributed by atoms with Crippen LogP contribution in [0.25, 0.3) is 40.1 Å². The van der Waals surface area contributed by atoms with E-state index in [1.807, 2.05) is 54.6 Å². The normalized spacial score (nSPS) is 11.3. The predicted octanol–water partition coefficient (Wildman–Crippen LogP) is 6.56. The van der Waals surface area contributed by atoms with Crippen LogP contribution in [0.1, 0.15) is 5.76 Å². The lowest BCUT2D eigenvalue weighted by Gasteiger charge is -2.02. The summed E-state index contributed by atoms with van der Waals surface area (Å²) in [6.07, 6.45) is 4.74. The summed E-state index contributed by atoms with van der Waals surface area (Å²) in [6.45, 7) is 0. The SMILES string of the molecule is O=C(/C=C/c1ccc(-c2ccc(Br)cc2)o1)Nc1ccc(-c2nc3ncccc3o2)cc1. The monoisotopic (exact) mass is 485 g/mol. The van der Waals surface area contributed by atoms with Crippen molar-refractivity contribution in [2.75, 3.05) is 5.32 Å². The lowest BCUT2D eigenvalue weighted by Crippen LogP contribution is -2.07. The minimum Gasteiger partial charge on any atom is -0.457 e. The Kier molecular flexibility index (Phi) is 5.39. The highest BCUT2D eigenvalue weighted by molar-refractivity contribution is 9.10. The van der Waals surface area contributed by atoms with Crippen LogP contribution in [0.3, 0.4) is 0 Å². The second-order valence-electron chi connectivity index (χ2n) is 6.95. The Bertz CT molecular complexity index is 1380. The third-order valence-electron chi connectivity index (χ3n) is 4.72. The van der Waals surface area contributed by atoms with Crippen molar-refractivity contribution in [2.45, 2.75) is 0 Å². The zero-order valence-electron chi connectivity index (χ0n) is 16.7. The first-order valence-electron chi connectivity index (χ1n) is 9.81. The zero-order chi connectivity index (χ0) is 21.9. The highest BCUT2D eigenvalue weighted by atomic mass is 79.9. The molecule has 0 aliphatic rings. The Morgan fingerprint density at radius 3 is 2.47 bits per heavy atom. The summed E-state index contributed by atoms with van der Waals surface area (Å²) in [6, 6.07) is 22.4. The van der Waals surface area contributed by atoms with Gasteiger partial charge >= 0.3 is 0 Å². The molecule has 0 aliphatic carbocycles. The predicted molar refractivity (Wildman–Crippen MR) is 127 cm³/mol. The molecule has 0 aliphatic heterocycles. The van der Waals surface area contributed by atoms with E-state index >= 15 is 0 Å². The molecule has 156 valence electrons. The van der Waals surface area contributed by atoms with Crippen LogP contribution >= 0.6 is 15.9 Å². The summed E-state index contributed by atoms with van der Waals surface area (Å²) in [5.74, 6) is 1.56. The maximum atomic E-state index is 12.3. The van der Waals surface area contributed by atoms with Crippen molar-refractivity contribution in [3.8, 4) is 22.8 Å². The molecule has 2 aromatic carbocycles. The Balaban J connectivity index is 1.23. The Hall–Kier alpha value is -3.97. The number of carbonyl (C=O) groups excluding carboxylic acids is 1. The van der Waals surface area contributed by atoms with Gasteiger partial charge < -0.3 is 14.2 Å². The number of hydrogen-bond donors (Lipinski definition) is 1. The molecule has 5 aromatic rings. The number of nitrogens with one attached hydrogen (secondary N) is 1. The van der Waals surface area contributed by atoms with E-state index in [4.69, 9.17) is 8.83 Å². The number of hydrogen-bond acceptors (Lipinski definition) is 5. The summed E-state index contributed by atoms with van der Waals surface area (Å²) < 4.78 is 12.5. The van der Waals surface area contributed by atoms with Crippen molar-refractivity contribution in [2.24, 2.45) is 0 Å². The fraction of sp³-hybridized carbons (Fsp3) is 0. The van der Waals surface area contributed by atoms with Crippen LogP contribution in [0.15, 0.2) is 98.4 Å². The average Bonchev–Trinajstić information content (AvgIpc) is 3.46. The summed E-state index contributed by atoms with van der Waals surface area (Å²) >= 11 is 3.42. The highest BCUT2D eigenvalue weighted by Gasteiger charge is 2.09. The number of halogens is 1. The Morgan fingerprint density at radius 1 is 0.906 bits per heavy atom. The van der Waals surface area contributed by atoms with Crippen LogP contribution in [0.5, 0.6) is 0 Å². The number of oxazole rings is 1. The maximum Gasteiger partial charge on any atom is 0.248 e. The summed E-state index contributed by atoms with van der Waals surface area (Å²) in [5, 5.41) is 2.83. The number of nitrogens with zero attached hydrogens (tertiary/aromatic N) is 2. The van der Waals surface area contributed by atoms with Crippen molar-refractivity contribution in [1.82, 2.24) is 9.97 Å². The van der Waals surface area contributed by atoms with Gasteiger partial charge in [0.2, 0.25) is 11.8 Å². The van der Waals surface area contributed by atoms with Crippen LogP contribution in [0.4, 0.5) is 5.69 Å². The number of furan rings is 1. The number of benzene rings is 2. The number of amides is 1. The molecule has 0 spiro atoms. The van der Waals surface area contributed by atoms with Crippen LogP contribution in [-0.2, 0) is 4.79 Å². The number of pyridine rings is 1. The first-order chi connectivity index (χ1) is 15.6. The summed E-state index contributed by atoms with van der Waals surface area (Å²) in [5.41, 5.74) is 3.62. The number of fused-ring (bicyclic) bond motifs is 1. The fourth-order valence-electron chi connectivity index (χ4n) is 3.14. The molecule has 3 heterocycles. The number of anilines is 1. The molecule has 7 heteroatoms. The molecule has 0 fully saturated rings. The number of carbonyl (C=O) groups is 1. The minimum absolute atomic E-state index is 0.259. The van der Waals surface area contributed by atoms with Crippen LogP contribution < -0.4 is 5.32 Å². The second kappa shape index (κ2) is 8.64. The van der Waals surface area contributed by atoms with Gasteiger partial charge in [0.15, 0.2) is 11.2 Å². The third-order valence-corrected chi connectivity index (χ3v) is 5.25. The van der Waals surface area contributed by atoms with E-state index < -0.39 is 0 Å². The molecular formula is C25H16BrN3O3. The molecule has 1 N–H and O–H groups in total. The smallest absolute Gasteiger partial charge is 0.248 e. The topological polar surface area (TPSA) is 81.2 Å². The molecule has 3 aromatic heterocycles. The van der Waals surface area contributed by atoms with Crippen molar-refractivity contribution >= 4 is 44.8 Å². The second-order valence-corrected chi connectivity index (χ2v) is 7.87. The van der Waals surface area contributed by atoms with E-state index in [0.29, 0.717) is 28.6 Å². The van der Waals surface area contributed by atoms with Gasteiger partial charge in [-0.1, -0.05) is 28.1 Å². The lowest BCUT2D eigenvalue weighted by atomic mass is 10.2. The Labute approximate surface area is 191 Å². The molecule has 0 radical (unpaired) electrons. The molecule has 32 heavy (non-hydrogen) atoms. The van der Waals surface area contributed by atoms with Crippen molar-refractivity contribution in [3.05, 3.63) is 95.3 Å². The van der Waals surface area contributed by atoms with E-state index in [-0.39, 0.29) is 5.91 Å². The van der Waals surface area contributed by atoms with Gasteiger partial charge in [-0.25, -0.2) is 4.98 Å². The van der Waals surface area contributed by atoms with Crippen molar-refractivity contribution in [3.63, 3.8) is 0 Å². The molecule has 6 nitrogen and oxygen atoms in total. The summed E-state index contributed by atoms with van der Waals surface area (Å²) in [7, 11) is 0. The van der Waals surface area contributed by atoms with Gasteiger partial charge in [0.1, 0.15) is 11.5 Å². The van der Waals surface area contributed by atoms with E-state index in [1.165, 1.54) is 6.08 Å². The van der Waals surface area contributed by atoms with Gasteiger partial charge in [0, 0.05) is 33.6 Å². The molecule has 0 atom stereocenters. The van der Waals surface area contributed by atoms with Gasteiger partial charge in [-0.15, -0.1) is 0 Å². The van der Waals surface area contributed by atoms with Gasteiger partial charge in [-0.2, -0.15) is 4.98 Å². The van der Waals surface area contributed by atoms with Gasteiger partial charge in [-0.05, 0) is 66.7 Å². The minimum atomic E-state index is -0.259. The van der Waals surface area contributed by atoms with Crippen LogP contribution in [0, 0.1) is 0 Å². The number of rotatable bonds is 5. The van der Waals surface area contributed by atoms with Gasteiger partial charge in [0.25, 0.3) is 0 Å². The number of aromatic nitrogens is 2. The van der Waals surface area contributed by atoms with Crippen LogP contribution in [0.2, 0.25) is 0 Å². The molecule has 0 saturated carbocycles. The molecule has 0 bridgehead atoms. The summed E-state index contributed by atoms with van der Waals surface area (Å²) in [4.78, 5) is 20.8. The first-order valence-corrected chi connectivity index (χ1v) is 10.6. The van der Waals surface area contributed by atoms with Crippen LogP contribution in [-0.4, -0.2) is 15.9 Å². The van der Waals surface area contributed by atoms with E-state index in [9.17, 15) is 4.79 Å². The molecule has 5 rings (SSSR count). The highest BCUT2D eigenvalue weighted by Crippen LogP contribution is 2.25. The van der Waals surface area contributed by atoms with Gasteiger partial charge in [0.05, 0.1) is 0 Å². The van der Waals surface area contributed by atoms with E-state index in [2.05, 4.69) is 31.2 Å². The molecule has 1 amide bonds.